The largest absolute Gasteiger partial charge is 0.508 e. The van der Waals surface area contributed by atoms with E-state index in [2.05, 4.69) is 20.8 Å². The van der Waals surface area contributed by atoms with Crippen LogP contribution in [0.2, 0.25) is 0 Å². The summed E-state index contributed by atoms with van der Waals surface area (Å²) < 4.78 is 26.9. The molecule has 0 N–H and O–H groups in total. The van der Waals surface area contributed by atoms with Crippen LogP contribution in [0.15, 0.2) is 0 Å². The summed E-state index contributed by atoms with van der Waals surface area (Å²) >= 11 is 0. The lowest BCUT2D eigenvalue weighted by atomic mass is 9.50. The molecule has 1 aliphatic heterocycles. The Hall–Kier alpha value is -1.99. The van der Waals surface area contributed by atoms with E-state index in [0.717, 1.165) is 51.4 Å². The first-order valence-electron chi connectivity index (χ1n) is 14.9. The summed E-state index contributed by atoms with van der Waals surface area (Å²) in [6, 6.07) is 0. The molecule has 9 atom stereocenters. The van der Waals surface area contributed by atoms with Crippen LogP contribution in [0.4, 0.5) is 9.59 Å². The summed E-state index contributed by atoms with van der Waals surface area (Å²) in [5, 5.41) is 0. The first kappa shape index (κ1) is 29.0. The number of hydrogen-bond donors (Lipinski definition) is 0. The van der Waals surface area contributed by atoms with Crippen molar-refractivity contribution >= 4 is 18.3 Å². The van der Waals surface area contributed by atoms with E-state index in [1.807, 2.05) is 0 Å². The molecule has 0 bridgehead atoms. The molecule has 8 heteroatoms. The Morgan fingerprint density at radius 2 is 1.63 bits per heavy atom. The number of ether oxygens (including phenoxy) is 5. The fourth-order valence-corrected chi connectivity index (χ4v) is 8.82. The zero-order valence-corrected chi connectivity index (χ0v) is 24.0. The smallest absolute Gasteiger partial charge is 0.462 e. The van der Waals surface area contributed by atoms with Crippen LogP contribution in [0.3, 0.4) is 0 Å². The molecule has 2 unspecified atom stereocenters. The number of carbonyl (C=O) groups excluding carboxylic acids is 3. The zero-order chi connectivity index (χ0) is 27.5. The summed E-state index contributed by atoms with van der Waals surface area (Å²) in [5.74, 6) is 1.84. The number of hydrogen-bond acceptors (Lipinski definition) is 8. The second kappa shape index (κ2) is 12.0. The van der Waals surface area contributed by atoms with Gasteiger partial charge in [-0.15, -0.1) is 0 Å². The molecule has 216 valence electrons. The van der Waals surface area contributed by atoms with Crippen LogP contribution in [0.25, 0.3) is 0 Å². The highest BCUT2D eigenvalue weighted by molar-refractivity contribution is 5.70. The highest BCUT2D eigenvalue weighted by atomic mass is 16.7. The summed E-state index contributed by atoms with van der Waals surface area (Å²) in [7, 11) is 0. The highest BCUT2D eigenvalue weighted by Gasteiger charge is 2.62. The van der Waals surface area contributed by atoms with Crippen molar-refractivity contribution in [3.63, 3.8) is 0 Å². The molecule has 0 radical (unpaired) electrons. The third-order valence-corrected chi connectivity index (χ3v) is 10.8. The van der Waals surface area contributed by atoms with Crippen molar-refractivity contribution < 1.29 is 38.1 Å². The van der Waals surface area contributed by atoms with E-state index in [-0.39, 0.29) is 34.9 Å². The lowest BCUT2D eigenvalue weighted by Crippen LogP contribution is -2.53. The molecule has 0 aromatic heterocycles. The van der Waals surface area contributed by atoms with E-state index < -0.39 is 12.3 Å². The van der Waals surface area contributed by atoms with Crippen molar-refractivity contribution in [2.45, 2.75) is 111 Å². The minimum atomic E-state index is -0.609. The average Bonchev–Trinajstić information content (AvgIpc) is 3.16. The standard InChI is InChI=1S/C30H48O8/c1-6-34-27(32)36-16-8-9-19(3)22-10-11-23-26-24(13-15-30(22,23)5)29(4)14-12-21(37-28(33)35-7-2)17-20(29)18-25(31)38-26/h19-24,26H,6-18H2,1-5H3/t19-,20+,21-,22-,23+,24?,26?,29+,30-/m1/s1. The van der Waals surface area contributed by atoms with Gasteiger partial charge in [-0.2, -0.15) is 0 Å². The third kappa shape index (κ3) is 5.79. The highest BCUT2D eigenvalue weighted by Crippen LogP contribution is 2.65. The van der Waals surface area contributed by atoms with Crippen molar-refractivity contribution in [1.82, 2.24) is 0 Å². The van der Waals surface area contributed by atoms with Crippen molar-refractivity contribution in [1.29, 1.82) is 0 Å². The van der Waals surface area contributed by atoms with Crippen LogP contribution in [-0.2, 0) is 28.5 Å². The van der Waals surface area contributed by atoms with Gasteiger partial charge in [0.25, 0.3) is 0 Å². The van der Waals surface area contributed by atoms with Gasteiger partial charge in [-0.25, -0.2) is 9.59 Å². The van der Waals surface area contributed by atoms with Crippen molar-refractivity contribution in [2.24, 2.45) is 40.4 Å². The lowest BCUT2D eigenvalue weighted by Gasteiger charge is -2.55. The van der Waals surface area contributed by atoms with Gasteiger partial charge in [0.1, 0.15) is 12.2 Å². The molecule has 0 amide bonds. The summed E-state index contributed by atoms with van der Waals surface area (Å²) in [5.41, 5.74) is 0.143. The molecular weight excluding hydrogens is 488 g/mol. The Morgan fingerprint density at radius 1 is 0.947 bits per heavy atom. The molecule has 3 saturated carbocycles. The fourth-order valence-electron chi connectivity index (χ4n) is 8.82. The number of esters is 1. The normalized spacial score (nSPS) is 38.9. The van der Waals surface area contributed by atoms with Gasteiger partial charge in [-0.3, -0.25) is 4.79 Å². The van der Waals surface area contributed by atoms with E-state index in [1.54, 1.807) is 13.8 Å². The van der Waals surface area contributed by atoms with Crippen LogP contribution >= 0.6 is 0 Å². The van der Waals surface area contributed by atoms with Crippen molar-refractivity contribution in [3.8, 4) is 0 Å². The van der Waals surface area contributed by atoms with Crippen molar-refractivity contribution in [2.75, 3.05) is 19.8 Å². The van der Waals surface area contributed by atoms with Crippen LogP contribution < -0.4 is 0 Å². The maximum absolute atomic E-state index is 13.1. The van der Waals surface area contributed by atoms with Crippen LogP contribution in [0.5, 0.6) is 0 Å². The molecular formula is C30H48O8. The van der Waals surface area contributed by atoms with E-state index in [0.29, 0.717) is 56.3 Å². The van der Waals surface area contributed by atoms with E-state index in [4.69, 9.17) is 23.7 Å². The predicted octanol–water partition coefficient (Wildman–Crippen LogP) is 6.68. The minimum absolute atomic E-state index is 0.000810. The molecule has 0 aromatic carbocycles. The average molecular weight is 537 g/mol. The zero-order valence-electron chi connectivity index (χ0n) is 24.0. The van der Waals surface area contributed by atoms with Gasteiger partial charge < -0.3 is 23.7 Å². The molecule has 4 aliphatic rings. The summed E-state index contributed by atoms with van der Waals surface area (Å²) in [4.78, 5) is 36.6. The molecule has 0 spiro atoms. The SMILES string of the molecule is CCOC(=O)OCCC[C@@H](C)[C@H]1CC[C@H]2C3OC(=O)C[C@@H]4C[C@H](OC(=O)OCC)CC[C@]4(C)C3CC[C@]12C. The van der Waals surface area contributed by atoms with E-state index >= 15 is 0 Å². The lowest BCUT2D eigenvalue weighted by molar-refractivity contribution is -0.166. The first-order chi connectivity index (χ1) is 18.1. The van der Waals surface area contributed by atoms with Gasteiger partial charge >= 0.3 is 18.3 Å². The van der Waals surface area contributed by atoms with Gasteiger partial charge in [0.05, 0.1) is 19.8 Å². The summed E-state index contributed by atoms with van der Waals surface area (Å²) in [6.07, 6.45) is 7.68. The fraction of sp³-hybridized carbons (Fsp3) is 0.900. The number of carbonyl (C=O) groups is 3. The van der Waals surface area contributed by atoms with Gasteiger partial charge in [0, 0.05) is 18.3 Å². The maximum Gasteiger partial charge on any atom is 0.508 e. The Kier molecular flexibility index (Phi) is 9.18. The molecule has 4 fully saturated rings. The second-order valence-corrected chi connectivity index (χ2v) is 12.7. The predicted molar refractivity (Wildman–Crippen MR) is 140 cm³/mol. The van der Waals surface area contributed by atoms with Crippen LogP contribution in [-0.4, -0.2) is 50.3 Å². The molecule has 3 aliphatic carbocycles. The minimum Gasteiger partial charge on any atom is -0.462 e. The second-order valence-electron chi connectivity index (χ2n) is 12.7. The number of rotatable bonds is 8. The quantitative estimate of drug-likeness (QED) is 0.192. The topological polar surface area (TPSA) is 97.4 Å². The molecule has 38 heavy (non-hydrogen) atoms. The molecule has 4 rings (SSSR count). The summed E-state index contributed by atoms with van der Waals surface area (Å²) in [6.45, 7) is 11.7. The monoisotopic (exact) mass is 536 g/mol. The van der Waals surface area contributed by atoms with Gasteiger partial charge in [0.15, 0.2) is 0 Å². The number of fused-ring (bicyclic) bond motifs is 5. The Bertz CT molecular complexity index is 859. The van der Waals surface area contributed by atoms with E-state index in [9.17, 15) is 14.4 Å². The Morgan fingerprint density at radius 3 is 2.37 bits per heavy atom. The van der Waals surface area contributed by atoms with Crippen molar-refractivity contribution in [3.05, 3.63) is 0 Å². The third-order valence-electron chi connectivity index (χ3n) is 10.8. The molecule has 0 aromatic rings. The van der Waals surface area contributed by atoms with Gasteiger partial charge in [-0.1, -0.05) is 20.8 Å². The first-order valence-corrected chi connectivity index (χ1v) is 14.9. The van der Waals surface area contributed by atoms with Gasteiger partial charge in [-0.05, 0) is 100 Å². The molecule has 1 saturated heterocycles. The Labute approximate surface area is 227 Å². The van der Waals surface area contributed by atoms with Crippen LogP contribution in [0.1, 0.15) is 98.8 Å². The Balaban J connectivity index is 1.41. The van der Waals surface area contributed by atoms with Crippen LogP contribution in [0, 0.1) is 40.4 Å². The van der Waals surface area contributed by atoms with E-state index in [1.165, 1.54) is 0 Å². The molecule has 8 nitrogen and oxygen atoms in total. The van der Waals surface area contributed by atoms with Gasteiger partial charge in [0.2, 0.25) is 0 Å². The molecule has 1 heterocycles. The maximum atomic E-state index is 13.1.